The topological polar surface area (TPSA) is 98.9 Å². The van der Waals surface area contributed by atoms with Gasteiger partial charge >= 0.3 is 0 Å². The summed E-state index contributed by atoms with van der Waals surface area (Å²) < 4.78 is 1.73. The van der Waals surface area contributed by atoms with Crippen molar-refractivity contribution in [3.63, 3.8) is 0 Å². The highest BCUT2D eigenvalue weighted by atomic mass is 35.5. The molecule has 0 radical (unpaired) electrons. The molecule has 1 fully saturated rings. The van der Waals surface area contributed by atoms with E-state index in [1.165, 1.54) is 12.0 Å². The number of aromatic nitrogens is 2. The highest BCUT2D eigenvalue weighted by molar-refractivity contribution is 6.35. The van der Waals surface area contributed by atoms with Crippen molar-refractivity contribution in [3.05, 3.63) is 79.8 Å². The van der Waals surface area contributed by atoms with E-state index < -0.39 is 0 Å². The molecule has 1 aromatic heterocycles. The molecular formula is C26H29Cl2N7O. The van der Waals surface area contributed by atoms with Crippen LogP contribution in [-0.4, -0.2) is 40.3 Å². The van der Waals surface area contributed by atoms with Gasteiger partial charge in [-0.05, 0) is 68.3 Å². The number of aryl methyl sites for hydroxylation is 1. The van der Waals surface area contributed by atoms with E-state index >= 15 is 0 Å². The molecule has 0 spiro atoms. The van der Waals surface area contributed by atoms with Crippen molar-refractivity contribution in [2.75, 3.05) is 19.6 Å². The quantitative estimate of drug-likeness (QED) is 0.142. The van der Waals surface area contributed by atoms with Crippen molar-refractivity contribution in [1.29, 1.82) is 0 Å². The van der Waals surface area contributed by atoms with Crippen molar-refractivity contribution in [2.45, 2.75) is 45.4 Å². The molecule has 188 valence electrons. The molecular weight excluding hydrogens is 497 g/mol. The van der Waals surface area contributed by atoms with Gasteiger partial charge in [0.25, 0.3) is 5.91 Å². The first-order valence-electron chi connectivity index (χ1n) is 12.2. The van der Waals surface area contributed by atoms with Crippen LogP contribution in [0, 0.1) is 6.92 Å². The lowest BCUT2D eigenvalue weighted by Gasteiger charge is -2.26. The van der Waals surface area contributed by atoms with E-state index in [0.717, 1.165) is 62.0 Å². The molecule has 0 unspecified atom stereocenters. The van der Waals surface area contributed by atoms with Crippen molar-refractivity contribution < 1.29 is 4.79 Å². The molecule has 0 atom stereocenters. The predicted molar refractivity (Wildman–Crippen MR) is 144 cm³/mol. The zero-order chi connectivity index (χ0) is 25.5. The minimum atomic E-state index is -0.226. The van der Waals surface area contributed by atoms with Crippen LogP contribution in [0.15, 0.2) is 47.6 Å². The Bertz CT molecular complexity index is 1260. The number of hydrazine groups is 1. The van der Waals surface area contributed by atoms with Crippen LogP contribution >= 0.6 is 23.2 Å². The Kier molecular flexibility index (Phi) is 8.88. The van der Waals surface area contributed by atoms with E-state index in [2.05, 4.69) is 27.6 Å². The van der Waals surface area contributed by atoms with Crippen LogP contribution in [0.5, 0.6) is 0 Å². The van der Waals surface area contributed by atoms with Crippen LogP contribution in [-0.2, 0) is 6.42 Å². The Morgan fingerprint density at radius 3 is 2.56 bits per heavy atom. The SMILES string of the molecule is Cc1c(C(=O)NN2CCCCC2)nn(-c2ccc(Cl)cc2Cl)c1-c1ccc(CCCCN=[N+]=[N-])cc1. The van der Waals surface area contributed by atoms with Crippen molar-refractivity contribution >= 4 is 29.1 Å². The highest BCUT2D eigenvalue weighted by Crippen LogP contribution is 2.33. The number of amides is 1. The van der Waals surface area contributed by atoms with Crippen molar-refractivity contribution in [2.24, 2.45) is 5.11 Å². The fourth-order valence-corrected chi connectivity index (χ4v) is 4.95. The Labute approximate surface area is 220 Å². The van der Waals surface area contributed by atoms with E-state index in [4.69, 9.17) is 33.8 Å². The summed E-state index contributed by atoms with van der Waals surface area (Å²) in [5.41, 5.74) is 16.1. The molecule has 1 aliphatic rings. The fourth-order valence-electron chi connectivity index (χ4n) is 4.47. The van der Waals surface area contributed by atoms with Gasteiger partial charge in [0, 0.05) is 40.7 Å². The zero-order valence-corrected chi connectivity index (χ0v) is 21.8. The zero-order valence-electron chi connectivity index (χ0n) is 20.3. The first-order chi connectivity index (χ1) is 17.5. The van der Waals surface area contributed by atoms with Gasteiger partial charge in [-0.25, -0.2) is 9.69 Å². The van der Waals surface area contributed by atoms with Gasteiger partial charge in [-0.1, -0.05) is 59.0 Å². The number of benzene rings is 2. The van der Waals surface area contributed by atoms with Gasteiger partial charge in [-0.15, -0.1) is 0 Å². The number of carbonyl (C=O) groups is 1. The minimum Gasteiger partial charge on any atom is -0.283 e. The van der Waals surface area contributed by atoms with Crippen LogP contribution in [0.3, 0.4) is 0 Å². The summed E-state index contributed by atoms with van der Waals surface area (Å²) >= 11 is 12.7. The predicted octanol–water partition coefficient (Wildman–Crippen LogP) is 6.92. The number of nitrogens with zero attached hydrogens (tertiary/aromatic N) is 6. The highest BCUT2D eigenvalue weighted by Gasteiger charge is 2.25. The largest absolute Gasteiger partial charge is 0.286 e. The summed E-state index contributed by atoms with van der Waals surface area (Å²) in [6.07, 6.45) is 6.00. The second-order valence-electron chi connectivity index (χ2n) is 8.93. The minimum absolute atomic E-state index is 0.226. The number of rotatable bonds is 9. The van der Waals surface area contributed by atoms with Gasteiger partial charge in [-0.3, -0.25) is 10.2 Å². The van der Waals surface area contributed by atoms with Gasteiger partial charge in [-0.2, -0.15) is 5.10 Å². The molecule has 3 aromatic rings. The van der Waals surface area contributed by atoms with Gasteiger partial charge in [0.15, 0.2) is 5.69 Å². The molecule has 0 saturated carbocycles. The standard InChI is InChI=1S/C26H29Cl2N7O/c1-18-24(26(36)32-34-15-5-2-6-16-34)31-35(23-13-12-21(27)17-22(23)28)25(18)20-10-8-19(9-11-20)7-3-4-14-30-33-29/h8-13,17H,2-7,14-16H2,1H3,(H,32,36). The van der Waals surface area contributed by atoms with Crippen molar-refractivity contribution in [3.8, 4) is 16.9 Å². The van der Waals surface area contributed by atoms with E-state index in [1.54, 1.807) is 16.8 Å². The summed E-state index contributed by atoms with van der Waals surface area (Å²) in [5, 5.41) is 11.3. The number of carbonyl (C=O) groups excluding carboxylic acids is 1. The normalized spacial score (nSPS) is 13.9. The molecule has 1 N–H and O–H groups in total. The number of piperidine rings is 1. The molecule has 1 saturated heterocycles. The fraction of sp³-hybridized carbons (Fsp3) is 0.385. The van der Waals surface area contributed by atoms with Gasteiger partial charge in [0.1, 0.15) is 0 Å². The monoisotopic (exact) mass is 525 g/mol. The van der Waals surface area contributed by atoms with E-state index in [9.17, 15) is 4.79 Å². The Morgan fingerprint density at radius 1 is 1.11 bits per heavy atom. The van der Waals surface area contributed by atoms with E-state index in [-0.39, 0.29) is 5.91 Å². The van der Waals surface area contributed by atoms with Crippen LogP contribution < -0.4 is 5.43 Å². The number of azide groups is 1. The molecule has 8 nitrogen and oxygen atoms in total. The maximum absolute atomic E-state index is 13.2. The number of unbranched alkanes of at least 4 members (excludes halogenated alkanes) is 1. The summed E-state index contributed by atoms with van der Waals surface area (Å²) in [6, 6.07) is 13.5. The van der Waals surface area contributed by atoms with Crippen LogP contribution in [0.4, 0.5) is 0 Å². The van der Waals surface area contributed by atoms with Crippen LogP contribution in [0.2, 0.25) is 10.0 Å². The molecule has 1 aliphatic heterocycles. The first kappa shape index (κ1) is 26.0. The molecule has 10 heteroatoms. The lowest BCUT2D eigenvalue weighted by atomic mass is 10.0. The molecule has 2 heterocycles. The van der Waals surface area contributed by atoms with Crippen LogP contribution in [0.1, 0.15) is 53.7 Å². The average molecular weight is 526 g/mol. The first-order valence-corrected chi connectivity index (χ1v) is 12.9. The molecule has 0 aliphatic carbocycles. The summed E-state index contributed by atoms with van der Waals surface area (Å²) in [4.78, 5) is 16.0. The van der Waals surface area contributed by atoms with E-state index in [0.29, 0.717) is 28.0 Å². The van der Waals surface area contributed by atoms with Gasteiger partial charge in [0.05, 0.1) is 16.4 Å². The third-order valence-corrected chi connectivity index (χ3v) is 6.89. The third-order valence-electron chi connectivity index (χ3n) is 6.36. The van der Waals surface area contributed by atoms with Crippen LogP contribution in [0.25, 0.3) is 27.4 Å². The second kappa shape index (κ2) is 12.3. The summed E-state index contributed by atoms with van der Waals surface area (Å²) in [6.45, 7) is 4.10. The third kappa shape index (κ3) is 6.20. The number of hydrogen-bond donors (Lipinski definition) is 1. The molecule has 0 bridgehead atoms. The Balaban J connectivity index is 1.66. The lowest BCUT2D eigenvalue weighted by Crippen LogP contribution is -2.45. The van der Waals surface area contributed by atoms with Gasteiger partial charge < -0.3 is 0 Å². The molecule has 4 rings (SSSR count). The molecule has 2 aromatic carbocycles. The average Bonchev–Trinajstić information content (AvgIpc) is 3.21. The lowest BCUT2D eigenvalue weighted by molar-refractivity contribution is 0.0743. The number of halogens is 2. The number of hydrogen-bond acceptors (Lipinski definition) is 4. The molecule has 36 heavy (non-hydrogen) atoms. The molecule has 1 amide bonds. The van der Waals surface area contributed by atoms with Gasteiger partial charge in [0.2, 0.25) is 0 Å². The number of nitrogens with one attached hydrogen (secondary N) is 1. The van der Waals surface area contributed by atoms with E-state index in [1.807, 2.05) is 30.1 Å². The Hall–Kier alpha value is -3.03. The smallest absolute Gasteiger partial charge is 0.283 e. The Morgan fingerprint density at radius 2 is 1.86 bits per heavy atom. The second-order valence-corrected chi connectivity index (χ2v) is 9.77. The maximum atomic E-state index is 13.2. The summed E-state index contributed by atoms with van der Waals surface area (Å²) in [5.74, 6) is -0.226. The van der Waals surface area contributed by atoms with Crippen molar-refractivity contribution in [1.82, 2.24) is 20.2 Å². The maximum Gasteiger partial charge on any atom is 0.286 e. The summed E-state index contributed by atoms with van der Waals surface area (Å²) in [7, 11) is 0.